The molecule has 0 spiro atoms. The Morgan fingerprint density at radius 1 is 0.471 bits per heavy atom. The molecule has 0 atom stereocenters. The van der Waals surface area contributed by atoms with E-state index in [1.807, 2.05) is 48.5 Å². The number of fused-ring (bicyclic) bond motifs is 17. The highest BCUT2D eigenvalue weighted by atomic mass is 32.1. The molecule has 7 heteroatoms. The summed E-state index contributed by atoms with van der Waals surface area (Å²) in [7, 11) is 0. The lowest BCUT2D eigenvalue weighted by molar-refractivity contribution is 0.659. The minimum absolute atomic E-state index is 0.177. The fourth-order valence-corrected chi connectivity index (χ4v) is 9.85. The van der Waals surface area contributed by atoms with Crippen molar-refractivity contribution in [1.82, 2.24) is 13.6 Å². The molecule has 0 aliphatic rings. The molecule has 6 nitrogen and oxygen atoms in total. The van der Waals surface area contributed by atoms with Gasteiger partial charge in [0.15, 0.2) is 5.58 Å². The van der Waals surface area contributed by atoms with Gasteiger partial charge in [-0.1, -0.05) is 109 Å². The number of para-hydroxylation sites is 2. The summed E-state index contributed by atoms with van der Waals surface area (Å²) in [6, 6.07) is 47.9. The Hall–Kier alpha value is -6.70. The molecular weight excluding hydrogens is 651 g/mol. The van der Waals surface area contributed by atoms with Gasteiger partial charge in [0.05, 0.1) is 22.1 Å². The number of furan rings is 1. The van der Waals surface area contributed by atoms with Gasteiger partial charge in [0.2, 0.25) is 5.58 Å². The van der Waals surface area contributed by atoms with Crippen molar-refractivity contribution in [2.75, 3.05) is 0 Å². The first-order valence-electron chi connectivity index (χ1n) is 16.9. The third-order valence-electron chi connectivity index (χ3n) is 10.6. The van der Waals surface area contributed by atoms with Gasteiger partial charge in [-0.2, -0.15) is 4.52 Å². The van der Waals surface area contributed by atoms with Gasteiger partial charge >= 0.3 is 5.56 Å². The molecule has 0 aliphatic carbocycles. The van der Waals surface area contributed by atoms with Crippen LogP contribution in [0, 0.1) is 0 Å². The predicted octanol–water partition coefficient (Wildman–Crippen LogP) is 10.5. The molecule has 0 fully saturated rings. The maximum atomic E-state index is 14.3. The lowest BCUT2D eigenvalue weighted by Gasteiger charge is -2.09. The molecule has 0 amide bonds. The number of hydrogen-bond acceptors (Lipinski definition) is 4. The summed E-state index contributed by atoms with van der Waals surface area (Å²) in [4.78, 5) is 29.3. The largest absolute Gasteiger partial charge is 0.446 e. The summed E-state index contributed by atoms with van der Waals surface area (Å²) in [5, 5.41) is 8.83. The maximum Gasteiger partial charge on any atom is 0.318 e. The van der Waals surface area contributed by atoms with Crippen molar-refractivity contribution in [2.24, 2.45) is 0 Å². The summed E-state index contributed by atoms with van der Waals surface area (Å²) in [6.07, 6.45) is 0. The highest BCUT2D eigenvalue weighted by molar-refractivity contribution is 7.26. The zero-order chi connectivity index (χ0) is 33.5. The zero-order valence-corrected chi connectivity index (χ0v) is 27.6. The van der Waals surface area contributed by atoms with Gasteiger partial charge in [-0.15, -0.1) is 11.3 Å². The van der Waals surface area contributed by atoms with Gasteiger partial charge in [-0.05, 0) is 57.6 Å². The number of nitrogens with zero attached hydrogens (tertiary/aromatic N) is 3. The summed E-state index contributed by atoms with van der Waals surface area (Å²) >= 11 is 1.56. The van der Waals surface area contributed by atoms with Gasteiger partial charge in [0, 0.05) is 31.6 Å². The highest BCUT2D eigenvalue weighted by Gasteiger charge is 2.28. The van der Waals surface area contributed by atoms with E-state index in [0.29, 0.717) is 16.5 Å². The van der Waals surface area contributed by atoms with Crippen molar-refractivity contribution in [3.05, 3.63) is 160 Å². The van der Waals surface area contributed by atoms with Crippen LogP contribution in [0.2, 0.25) is 0 Å². The highest BCUT2D eigenvalue weighted by Crippen LogP contribution is 2.44. The van der Waals surface area contributed by atoms with Gasteiger partial charge in [-0.25, -0.2) is 4.52 Å². The molecule has 0 bridgehead atoms. The van der Waals surface area contributed by atoms with Gasteiger partial charge in [-0.3, -0.25) is 9.59 Å². The lowest BCUT2D eigenvalue weighted by Crippen LogP contribution is -2.21. The van der Waals surface area contributed by atoms with E-state index in [0.717, 1.165) is 80.5 Å². The third kappa shape index (κ3) is 3.31. The van der Waals surface area contributed by atoms with Crippen LogP contribution >= 0.6 is 11.3 Å². The zero-order valence-electron chi connectivity index (χ0n) is 26.8. The average molecular weight is 674 g/mol. The molecule has 12 rings (SSSR count). The number of aromatic nitrogens is 3. The molecule has 0 unspecified atom stereocenters. The SMILES string of the molecule is O=c1c2oc3c(-n4c5ccccc5c5cc(-c6ccccc6)ccc54)cccc3c2n2c3sc4c5ccccc5c5ccccc5c4c3c(=O)n12. The van der Waals surface area contributed by atoms with Crippen LogP contribution in [0.15, 0.2) is 154 Å². The number of benzene rings is 7. The van der Waals surface area contributed by atoms with E-state index in [9.17, 15) is 9.59 Å². The van der Waals surface area contributed by atoms with Crippen LogP contribution in [0.4, 0.5) is 0 Å². The van der Waals surface area contributed by atoms with E-state index in [1.54, 1.807) is 15.9 Å². The van der Waals surface area contributed by atoms with E-state index in [-0.39, 0.29) is 11.1 Å². The molecule has 5 heterocycles. The van der Waals surface area contributed by atoms with Gasteiger partial charge in [0.1, 0.15) is 10.3 Å². The Morgan fingerprint density at radius 3 is 1.96 bits per heavy atom. The van der Waals surface area contributed by atoms with Gasteiger partial charge in [0.25, 0.3) is 5.56 Å². The van der Waals surface area contributed by atoms with Crippen LogP contribution in [0.3, 0.4) is 0 Å². The van der Waals surface area contributed by atoms with E-state index in [1.165, 1.54) is 4.52 Å². The number of hydrogen-bond donors (Lipinski definition) is 0. The minimum Gasteiger partial charge on any atom is -0.446 e. The molecule has 5 aromatic heterocycles. The monoisotopic (exact) mass is 673 g/mol. The van der Waals surface area contributed by atoms with Crippen molar-refractivity contribution in [2.45, 2.75) is 0 Å². The van der Waals surface area contributed by atoms with Crippen LogP contribution in [-0.2, 0) is 0 Å². The Balaban J connectivity index is 1.20. The smallest absolute Gasteiger partial charge is 0.318 e. The Kier molecular flexibility index (Phi) is 5.06. The lowest BCUT2D eigenvalue weighted by atomic mass is 9.98. The Bertz CT molecular complexity index is 3580. The Labute approximate surface area is 291 Å². The second kappa shape index (κ2) is 9.50. The summed E-state index contributed by atoms with van der Waals surface area (Å²) in [5.41, 5.74) is 5.82. The maximum absolute atomic E-state index is 14.3. The molecule has 7 aromatic carbocycles. The van der Waals surface area contributed by atoms with E-state index < -0.39 is 5.56 Å². The molecule has 0 saturated carbocycles. The first kappa shape index (κ1) is 27.2. The second-order valence-electron chi connectivity index (χ2n) is 13.2. The van der Waals surface area contributed by atoms with Crippen molar-refractivity contribution < 1.29 is 4.42 Å². The predicted molar refractivity (Wildman–Crippen MR) is 210 cm³/mol. The summed E-state index contributed by atoms with van der Waals surface area (Å²) in [5.74, 6) is 0. The van der Waals surface area contributed by atoms with Crippen molar-refractivity contribution in [3.8, 4) is 16.8 Å². The fourth-order valence-electron chi connectivity index (χ4n) is 8.50. The molecule has 238 valence electrons. The first-order chi connectivity index (χ1) is 25.2. The fraction of sp³-hybridized carbons (Fsp3) is 0. The first-order valence-corrected chi connectivity index (χ1v) is 17.7. The van der Waals surface area contributed by atoms with Crippen molar-refractivity contribution in [3.63, 3.8) is 0 Å². The normalized spacial score (nSPS) is 12.5. The van der Waals surface area contributed by atoms with Crippen LogP contribution in [0.1, 0.15) is 0 Å². The van der Waals surface area contributed by atoms with E-state index >= 15 is 0 Å². The summed E-state index contributed by atoms with van der Waals surface area (Å²) < 4.78 is 12.9. The standard InChI is InChI=1S/C44H23N3O3S/c48-42-37-36-29-16-6-4-13-26(29)27-14-5-7-17-30(27)41(36)51-44(37)46-38-31-18-10-20-35(39(31)50-40(38)43(49)47(42)46)45-33-19-9-8-15-28(33)32-23-25(21-22-34(32)45)24-11-2-1-3-12-24/h1-23H. The van der Waals surface area contributed by atoms with Crippen LogP contribution < -0.4 is 11.1 Å². The Morgan fingerprint density at radius 2 is 1.14 bits per heavy atom. The molecular formula is C44H23N3O3S. The molecule has 12 aromatic rings. The van der Waals surface area contributed by atoms with E-state index in [4.69, 9.17) is 4.42 Å². The molecule has 0 radical (unpaired) electrons. The topological polar surface area (TPSA) is 61.0 Å². The molecule has 51 heavy (non-hydrogen) atoms. The average Bonchev–Trinajstić information content (AvgIpc) is 3.97. The molecule has 0 N–H and O–H groups in total. The number of thiophene rings is 1. The third-order valence-corrected chi connectivity index (χ3v) is 11.8. The van der Waals surface area contributed by atoms with Crippen LogP contribution in [0.5, 0.6) is 0 Å². The minimum atomic E-state index is -0.450. The summed E-state index contributed by atoms with van der Waals surface area (Å²) in [6.45, 7) is 0. The van der Waals surface area contributed by atoms with Crippen LogP contribution in [0.25, 0.3) is 103 Å². The van der Waals surface area contributed by atoms with Crippen molar-refractivity contribution >= 4 is 97.1 Å². The second-order valence-corrected chi connectivity index (χ2v) is 14.2. The number of rotatable bonds is 2. The van der Waals surface area contributed by atoms with E-state index in [2.05, 4.69) is 95.6 Å². The molecule has 0 aliphatic heterocycles. The van der Waals surface area contributed by atoms with Crippen molar-refractivity contribution in [1.29, 1.82) is 0 Å². The molecule has 0 saturated heterocycles. The quantitative estimate of drug-likeness (QED) is 0.172. The van der Waals surface area contributed by atoms with Crippen LogP contribution in [-0.4, -0.2) is 13.6 Å². The van der Waals surface area contributed by atoms with Gasteiger partial charge < -0.3 is 8.98 Å².